The topological polar surface area (TPSA) is 95.9 Å². The zero-order valence-corrected chi connectivity index (χ0v) is 19.5. The molecule has 7 nitrogen and oxygen atoms in total. The van der Waals surface area contributed by atoms with E-state index in [1.165, 1.54) is 6.08 Å². The lowest BCUT2D eigenvalue weighted by Crippen LogP contribution is -2.43. The van der Waals surface area contributed by atoms with Crippen molar-refractivity contribution in [1.82, 2.24) is 10.2 Å². The summed E-state index contributed by atoms with van der Waals surface area (Å²) in [5.41, 5.74) is 2.20. The minimum Gasteiger partial charge on any atom is -0.496 e. The highest BCUT2D eigenvalue weighted by Crippen LogP contribution is 2.39. The maximum absolute atomic E-state index is 12.8. The van der Waals surface area contributed by atoms with Gasteiger partial charge in [-0.05, 0) is 36.6 Å². The molecule has 0 aromatic heterocycles. The van der Waals surface area contributed by atoms with Crippen LogP contribution in [0.5, 0.6) is 5.75 Å². The number of aliphatic carboxylic acids is 1. The molecule has 2 aromatic rings. The number of halogens is 2. The van der Waals surface area contributed by atoms with Gasteiger partial charge in [0, 0.05) is 36.2 Å². The molecule has 2 amide bonds. The molecule has 1 aliphatic heterocycles. The van der Waals surface area contributed by atoms with E-state index < -0.39 is 12.5 Å². The van der Waals surface area contributed by atoms with E-state index in [2.05, 4.69) is 5.32 Å². The molecule has 0 atom stereocenters. The molecule has 1 fully saturated rings. The zero-order chi connectivity index (χ0) is 24.0. The number of nitrogens with one attached hydrogen (secondary N) is 1. The highest BCUT2D eigenvalue weighted by Gasteiger charge is 2.26. The third kappa shape index (κ3) is 6.06. The number of piperidine rings is 1. The van der Waals surface area contributed by atoms with Crippen LogP contribution in [-0.2, 0) is 14.4 Å². The Morgan fingerprint density at radius 3 is 2.48 bits per heavy atom. The van der Waals surface area contributed by atoms with E-state index >= 15 is 0 Å². The summed E-state index contributed by atoms with van der Waals surface area (Å²) in [6.45, 7) is 0.392. The number of nitrogens with zero attached hydrogens (tertiary/aromatic N) is 1. The molecule has 2 aromatic carbocycles. The molecule has 33 heavy (non-hydrogen) atoms. The van der Waals surface area contributed by atoms with Gasteiger partial charge in [-0.25, -0.2) is 0 Å². The number of rotatable bonds is 7. The molecule has 0 spiro atoms. The van der Waals surface area contributed by atoms with Crippen molar-refractivity contribution >= 4 is 47.1 Å². The second-order valence-corrected chi connectivity index (χ2v) is 8.35. The molecule has 9 heteroatoms. The van der Waals surface area contributed by atoms with Crippen LogP contribution in [0.1, 0.15) is 18.4 Å². The van der Waals surface area contributed by atoms with Gasteiger partial charge in [-0.15, -0.1) is 0 Å². The Balaban J connectivity index is 1.74. The Labute approximate surface area is 201 Å². The van der Waals surface area contributed by atoms with Crippen molar-refractivity contribution in [1.29, 1.82) is 0 Å². The Morgan fingerprint density at radius 2 is 1.82 bits per heavy atom. The number of hydrogen-bond donors (Lipinski definition) is 2. The summed E-state index contributed by atoms with van der Waals surface area (Å²) < 4.78 is 5.46. The van der Waals surface area contributed by atoms with Crippen LogP contribution in [0.2, 0.25) is 10.0 Å². The predicted molar refractivity (Wildman–Crippen MR) is 127 cm³/mol. The van der Waals surface area contributed by atoms with Crippen molar-refractivity contribution in [3.05, 3.63) is 58.1 Å². The van der Waals surface area contributed by atoms with Gasteiger partial charge >= 0.3 is 5.97 Å². The smallest absolute Gasteiger partial charge is 0.322 e. The molecule has 0 unspecified atom stereocenters. The number of benzene rings is 2. The third-order valence-corrected chi connectivity index (χ3v) is 6.33. The second kappa shape index (κ2) is 11.2. The normalized spacial score (nSPS) is 14.3. The van der Waals surface area contributed by atoms with E-state index in [9.17, 15) is 14.4 Å². The van der Waals surface area contributed by atoms with Crippen molar-refractivity contribution in [2.75, 3.05) is 26.7 Å². The summed E-state index contributed by atoms with van der Waals surface area (Å²) in [5.74, 6) is -1.24. The van der Waals surface area contributed by atoms with Gasteiger partial charge in [0.2, 0.25) is 11.8 Å². The van der Waals surface area contributed by atoms with Crippen molar-refractivity contribution in [3.8, 4) is 16.9 Å². The van der Waals surface area contributed by atoms with Crippen LogP contribution in [0.15, 0.2) is 42.5 Å². The second-order valence-electron chi connectivity index (χ2n) is 7.57. The summed E-state index contributed by atoms with van der Waals surface area (Å²) >= 11 is 12.7. The van der Waals surface area contributed by atoms with E-state index in [-0.39, 0.29) is 17.7 Å². The Kier molecular flexibility index (Phi) is 8.36. The molecule has 0 radical (unpaired) electrons. The van der Waals surface area contributed by atoms with Crippen LogP contribution in [0, 0.1) is 5.92 Å². The van der Waals surface area contributed by atoms with Gasteiger partial charge in [-0.2, -0.15) is 0 Å². The molecule has 0 aliphatic carbocycles. The fourth-order valence-corrected chi connectivity index (χ4v) is 4.15. The van der Waals surface area contributed by atoms with Crippen LogP contribution in [-0.4, -0.2) is 54.5 Å². The first-order valence-electron chi connectivity index (χ1n) is 10.4. The highest BCUT2D eigenvalue weighted by molar-refractivity contribution is 6.43. The van der Waals surface area contributed by atoms with Gasteiger partial charge in [0.1, 0.15) is 12.3 Å². The minimum absolute atomic E-state index is 0.207. The molecule has 1 saturated heterocycles. The Bertz CT molecular complexity index is 1080. The summed E-state index contributed by atoms with van der Waals surface area (Å²) in [7, 11) is 1.58. The number of ether oxygens (including phenoxy) is 1. The van der Waals surface area contributed by atoms with Crippen molar-refractivity contribution in [2.24, 2.45) is 5.92 Å². The lowest BCUT2D eigenvalue weighted by molar-refractivity contribution is -0.139. The molecule has 174 valence electrons. The van der Waals surface area contributed by atoms with E-state index in [1.54, 1.807) is 24.2 Å². The predicted octanol–water partition coefficient (Wildman–Crippen LogP) is 4.12. The number of para-hydroxylation sites is 1. The first-order valence-corrected chi connectivity index (χ1v) is 11.1. The average molecular weight is 491 g/mol. The van der Waals surface area contributed by atoms with Crippen molar-refractivity contribution in [3.63, 3.8) is 0 Å². The average Bonchev–Trinajstić information content (AvgIpc) is 2.83. The van der Waals surface area contributed by atoms with E-state index in [4.69, 9.17) is 33.0 Å². The summed E-state index contributed by atoms with van der Waals surface area (Å²) in [6.07, 6.45) is 4.02. The number of carbonyl (C=O) groups is 3. The van der Waals surface area contributed by atoms with Gasteiger partial charge in [-0.1, -0.05) is 47.5 Å². The molecule has 3 rings (SSSR count). The van der Waals surface area contributed by atoms with E-state index in [1.807, 2.05) is 30.3 Å². The van der Waals surface area contributed by atoms with E-state index in [0.717, 1.165) is 11.1 Å². The van der Waals surface area contributed by atoms with Gasteiger partial charge in [0.05, 0.1) is 17.2 Å². The number of hydrogen-bond acceptors (Lipinski definition) is 4. The van der Waals surface area contributed by atoms with Crippen LogP contribution in [0.3, 0.4) is 0 Å². The van der Waals surface area contributed by atoms with Crippen molar-refractivity contribution in [2.45, 2.75) is 12.8 Å². The quantitative estimate of drug-likeness (QED) is 0.569. The summed E-state index contributed by atoms with van der Waals surface area (Å²) in [6, 6.07) is 11.0. The third-order valence-electron chi connectivity index (χ3n) is 5.51. The molecular formula is C24H24Cl2N2O5. The summed E-state index contributed by atoms with van der Waals surface area (Å²) in [4.78, 5) is 37.1. The molecule has 1 aliphatic rings. The van der Waals surface area contributed by atoms with Crippen LogP contribution >= 0.6 is 23.2 Å². The molecular weight excluding hydrogens is 467 g/mol. The zero-order valence-electron chi connectivity index (χ0n) is 18.0. The van der Waals surface area contributed by atoms with Gasteiger partial charge in [-0.3, -0.25) is 14.4 Å². The molecule has 0 saturated carbocycles. The Hall–Kier alpha value is -3.03. The fourth-order valence-electron chi connectivity index (χ4n) is 3.76. The molecule has 0 bridgehead atoms. The number of methoxy groups -OCH3 is 1. The number of amides is 2. The lowest BCUT2D eigenvalue weighted by Gasteiger charge is -2.30. The largest absolute Gasteiger partial charge is 0.496 e. The lowest BCUT2D eigenvalue weighted by atomic mass is 9.95. The summed E-state index contributed by atoms with van der Waals surface area (Å²) in [5, 5.41) is 11.8. The number of carbonyl (C=O) groups excluding carboxylic acids is 2. The minimum atomic E-state index is -1.09. The maximum Gasteiger partial charge on any atom is 0.322 e. The van der Waals surface area contributed by atoms with Crippen molar-refractivity contribution < 1.29 is 24.2 Å². The number of likely N-dealkylation sites (tertiary alicyclic amines) is 1. The monoisotopic (exact) mass is 490 g/mol. The van der Waals surface area contributed by atoms with Crippen LogP contribution in [0.25, 0.3) is 17.2 Å². The standard InChI is InChI=1S/C24H24Cl2N2O5/c1-33-20-5-3-2-4-17(20)16-6-8-19(25)23(26)18(16)7-9-21(29)28-12-10-15(11-13-28)24(32)27-14-22(30)31/h2-9,15H,10-14H2,1H3,(H,27,32)(H,30,31)/b9-7+. The SMILES string of the molecule is COc1ccccc1-c1ccc(Cl)c(Cl)c1/C=C/C(=O)N1CCC(C(=O)NCC(=O)O)CC1. The number of carboxylic acid groups (broad SMARTS) is 1. The fraction of sp³-hybridized carbons (Fsp3) is 0.292. The number of carboxylic acids is 1. The Morgan fingerprint density at radius 1 is 1.12 bits per heavy atom. The highest BCUT2D eigenvalue weighted by atomic mass is 35.5. The van der Waals surface area contributed by atoms with E-state index in [0.29, 0.717) is 47.3 Å². The van der Waals surface area contributed by atoms with Crippen LogP contribution < -0.4 is 10.1 Å². The van der Waals surface area contributed by atoms with Gasteiger partial charge in [0.25, 0.3) is 0 Å². The molecule has 1 heterocycles. The van der Waals surface area contributed by atoms with Gasteiger partial charge in [0.15, 0.2) is 0 Å². The van der Waals surface area contributed by atoms with Crippen LogP contribution in [0.4, 0.5) is 0 Å². The first-order chi connectivity index (χ1) is 15.8. The van der Waals surface area contributed by atoms with Gasteiger partial charge < -0.3 is 20.1 Å². The molecule has 2 N–H and O–H groups in total. The first kappa shape index (κ1) is 24.6. The maximum atomic E-state index is 12.8.